The molecule has 1 aromatic heterocycles. The van der Waals surface area contributed by atoms with E-state index in [2.05, 4.69) is 26.5 Å². The molecule has 0 spiro atoms. The van der Waals surface area contributed by atoms with Gasteiger partial charge in [-0.1, -0.05) is 29.8 Å². The molecule has 5 nitrogen and oxygen atoms in total. The van der Waals surface area contributed by atoms with Gasteiger partial charge in [0.25, 0.3) is 0 Å². The molecule has 2 aliphatic heterocycles. The molecular formula is C21H25ClN4O. The van der Waals surface area contributed by atoms with Crippen molar-refractivity contribution in [2.75, 3.05) is 26.2 Å². The quantitative estimate of drug-likeness (QED) is 0.740. The zero-order valence-electron chi connectivity index (χ0n) is 15.5. The lowest BCUT2D eigenvalue weighted by Crippen LogP contribution is -2.31. The number of pyridine rings is 1. The monoisotopic (exact) mass is 384 g/mol. The van der Waals surface area contributed by atoms with Crippen molar-refractivity contribution >= 4 is 17.3 Å². The number of rotatable bonds is 7. The maximum absolute atomic E-state index is 6.29. The van der Waals surface area contributed by atoms with Crippen LogP contribution in [0.4, 0.5) is 0 Å². The van der Waals surface area contributed by atoms with Gasteiger partial charge in [0.1, 0.15) is 0 Å². The van der Waals surface area contributed by atoms with Crippen LogP contribution in [0.3, 0.4) is 0 Å². The maximum Gasteiger partial charge on any atom is 0.213 e. The van der Waals surface area contributed by atoms with Gasteiger partial charge in [0.2, 0.25) is 5.88 Å². The molecule has 0 unspecified atom stereocenters. The third-order valence-electron chi connectivity index (χ3n) is 5.11. The number of hydrazone groups is 1. The molecule has 0 bridgehead atoms. The standard InChI is InChI=1S/C21H25ClN4O/c22-18-6-3-5-16-15-26(13-10-17(16)18)12-1-2-14-27-21-8-4-7-19(24-21)20-9-11-23-25-20/h3-8,23H,1-2,9-15H2. The minimum absolute atomic E-state index is 0.684. The number of hydrogen-bond donors (Lipinski definition) is 1. The van der Waals surface area contributed by atoms with Gasteiger partial charge >= 0.3 is 0 Å². The lowest BCUT2D eigenvalue weighted by Gasteiger charge is -2.29. The third kappa shape index (κ3) is 4.60. The largest absolute Gasteiger partial charge is 0.478 e. The third-order valence-corrected chi connectivity index (χ3v) is 5.47. The zero-order chi connectivity index (χ0) is 18.5. The van der Waals surface area contributed by atoms with Crippen LogP contribution in [0.25, 0.3) is 0 Å². The number of hydrogen-bond acceptors (Lipinski definition) is 5. The van der Waals surface area contributed by atoms with Crippen LogP contribution < -0.4 is 10.2 Å². The first kappa shape index (κ1) is 18.3. The Kier molecular flexibility index (Phi) is 5.90. The SMILES string of the molecule is Clc1cccc2c1CCN(CCCCOc1cccc(C3=NNCC3)n1)C2. The molecule has 4 rings (SSSR count). The van der Waals surface area contributed by atoms with E-state index in [1.54, 1.807) is 0 Å². The Balaban J connectivity index is 1.20. The summed E-state index contributed by atoms with van der Waals surface area (Å²) in [6, 6.07) is 12.1. The van der Waals surface area contributed by atoms with Gasteiger partial charge < -0.3 is 10.2 Å². The number of benzene rings is 1. The second kappa shape index (κ2) is 8.72. The Labute approximate surface area is 165 Å². The highest BCUT2D eigenvalue weighted by Crippen LogP contribution is 2.26. The van der Waals surface area contributed by atoms with Crippen molar-refractivity contribution in [1.29, 1.82) is 0 Å². The normalized spacial score (nSPS) is 16.6. The molecule has 1 N–H and O–H groups in total. The molecule has 2 aliphatic rings. The lowest BCUT2D eigenvalue weighted by atomic mass is 9.99. The van der Waals surface area contributed by atoms with Crippen LogP contribution in [0.2, 0.25) is 5.02 Å². The average molecular weight is 385 g/mol. The van der Waals surface area contributed by atoms with E-state index in [1.165, 1.54) is 11.1 Å². The number of nitrogens with one attached hydrogen (secondary N) is 1. The molecule has 0 saturated heterocycles. The summed E-state index contributed by atoms with van der Waals surface area (Å²) in [5.41, 5.74) is 7.59. The minimum Gasteiger partial charge on any atom is -0.478 e. The number of unbranched alkanes of at least 4 members (excludes halogenated alkanes) is 1. The van der Waals surface area contributed by atoms with Gasteiger partial charge in [-0.05, 0) is 49.1 Å². The molecule has 0 aliphatic carbocycles. The van der Waals surface area contributed by atoms with E-state index in [1.807, 2.05) is 30.3 Å². The topological polar surface area (TPSA) is 49.8 Å². The number of fused-ring (bicyclic) bond motifs is 1. The van der Waals surface area contributed by atoms with Gasteiger partial charge in [0, 0.05) is 37.1 Å². The number of nitrogens with zero attached hydrogens (tertiary/aromatic N) is 3. The molecule has 0 radical (unpaired) electrons. The van der Waals surface area contributed by atoms with E-state index in [0.29, 0.717) is 12.5 Å². The van der Waals surface area contributed by atoms with Gasteiger partial charge in [-0.3, -0.25) is 4.90 Å². The Morgan fingerprint density at radius 1 is 1.11 bits per heavy atom. The van der Waals surface area contributed by atoms with Crippen molar-refractivity contribution in [3.8, 4) is 5.88 Å². The van der Waals surface area contributed by atoms with Crippen LogP contribution in [0, 0.1) is 0 Å². The first-order valence-electron chi connectivity index (χ1n) is 9.68. The van der Waals surface area contributed by atoms with E-state index in [0.717, 1.165) is 68.3 Å². The van der Waals surface area contributed by atoms with E-state index in [4.69, 9.17) is 16.3 Å². The minimum atomic E-state index is 0.684. The highest BCUT2D eigenvalue weighted by molar-refractivity contribution is 6.31. The molecule has 0 fully saturated rings. The van der Waals surface area contributed by atoms with Gasteiger partial charge in [-0.25, -0.2) is 4.98 Å². The van der Waals surface area contributed by atoms with E-state index in [-0.39, 0.29) is 0 Å². The molecule has 3 heterocycles. The molecule has 0 atom stereocenters. The van der Waals surface area contributed by atoms with Crippen LogP contribution >= 0.6 is 11.6 Å². The number of halogens is 1. The molecule has 6 heteroatoms. The van der Waals surface area contributed by atoms with Crippen molar-refractivity contribution in [3.63, 3.8) is 0 Å². The molecule has 2 aromatic rings. The summed E-state index contributed by atoms with van der Waals surface area (Å²) in [5.74, 6) is 0.684. The lowest BCUT2D eigenvalue weighted by molar-refractivity contribution is 0.233. The van der Waals surface area contributed by atoms with Crippen LogP contribution in [0.15, 0.2) is 41.5 Å². The van der Waals surface area contributed by atoms with Crippen molar-refractivity contribution in [1.82, 2.24) is 15.3 Å². The maximum atomic E-state index is 6.29. The highest BCUT2D eigenvalue weighted by Gasteiger charge is 2.17. The first-order chi connectivity index (χ1) is 13.3. The zero-order valence-corrected chi connectivity index (χ0v) is 16.2. The Hall–Kier alpha value is -2.11. The first-order valence-corrected chi connectivity index (χ1v) is 10.1. The van der Waals surface area contributed by atoms with Crippen molar-refractivity contribution in [3.05, 3.63) is 58.2 Å². The molecule has 142 valence electrons. The Morgan fingerprint density at radius 2 is 2.04 bits per heavy atom. The smallest absolute Gasteiger partial charge is 0.213 e. The van der Waals surface area contributed by atoms with Gasteiger partial charge in [-0.15, -0.1) is 0 Å². The van der Waals surface area contributed by atoms with Gasteiger partial charge in [0.05, 0.1) is 18.0 Å². The van der Waals surface area contributed by atoms with Crippen LogP contribution in [0.1, 0.15) is 36.1 Å². The fourth-order valence-electron chi connectivity index (χ4n) is 3.65. The summed E-state index contributed by atoms with van der Waals surface area (Å²) in [5, 5.41) is 5.18. The predicted molar refractivity (Wildman–Crippen MR) is 109 cm³/mol. The van der Waals surface area contributed by atoms with E-state index >= 15 is 0 Å². The molecular weight excluding hydrogens is 360 g/mol. The number of aromatic nitrogens is 1. The van der Waals surface area contributed by atoms with E-state index < -0.39 is 0 Å². The Morgan fingerprint density at radius 3 is 2.93 bits per heavy atom. The summed E-state index contributed by atoms with van der Waals surface area (Å²) in [6.07, 6.45) is 4.10. The summed E-state index contributed by atoms with van der Waals surface area (Å²) < 4.78 is 5.85. The Bertz CT molecular complexity index is 824. The second-order valence-electron chi connectivity index (χ2n) is 7.04. The average Bonchev–Trinajstić information content (AvgIpc) is 3.23. The van der Waals surface area contributed by atoms with Gasteiger partial charge in [-0.2, -0.15) is 5.10 Å². The predicted octanol–water partition coefficient (Wildman–Crippen LogP) is 3.65. The van der Waals surface area contributed by atoms with E-state index in [9.17, 15) is 0 Å². The fourth-order valence-corrected chi connectivity index (χ4v) is 3.94. The van der Waals surface area contributed by atoms with Crippen molar-refractivity contribution < 1.29 is 4.74 Å². The highest BCUT2D eigenvalue weighted by atomic mass is 35.5. The van der Waals surface area contributed by atoms with Gasteiger partial charge in [0.15, 0.2) is 0 Å². The summed E-state index contributed by atoms with van der Waals surface area (Å²) in [6.45, 7) is 4.74. The summed E-state index contributed by atoms with van der Waals surface area (Å²) in [4.78, 5) is 7.06. The molecule has 1 aromatic carbocycles. The van der Waals surface area contributed by atoms with Crippen LogP contribution in [-0.2, 0) is 13.0 Å². The molecule has 0 saturated carbocycles. The van der Waals surface area contributed by atoms with Crippen molar-refractivity contribution in [2.45, 2.75) is 32.2 Å². The molecule has 0 amide bonds. The van der Waals surface area contributed by atoms with Crippen LogP contribution in [0.5, 0.6) is 5.88 Å². The fraction of sp³-hybridized carbons (Fsp3) is 0.429. The number of ether oxygens (including phenoxy) is 1. The van der Waals surface area contributed by atoms with Crippen LogP contribution in [-0.4, -0.2) is 41.8 Å². The molecule has 27 heavy (non-hydrogen) atoms. The summed E-state index contributed by atoms with van der Waals surface area (Å²) in [7, 11) is 0. The second-order valence-corrected chi connectivity index (χ2v) is 7.44. The summed E-state index contributed by atoms with van der Waals surface area (Å²) >= 11 is 6.29. The van der Waals surface area contributed by atoms with Crippen molar-refractivity contribution in [2.24, 2.45) is 5.10 Å².